The molecule has 0 bridgehead atoms. The van der Waals surface area contributed by atoms with Gasteiger partial charge in [0.1, 0.15) is 0 Å². The zero-order chi connectivity index (χ0) is 16.2. The molecule has 134 valence electrons. The molecule has 1 saturated carbocycles. The Hall–Kier alpha value is -1.10. The van der Waals surface area contributed by atoms with Crippen LogP contribution in [0.3, 0.4) is 0 Å². The van der Waals surface area contributed by atoms with E-state index in [9.17, 15) is 4.79 Å². The van der Waals surface area contributed by atoms with Crippen molar-refractivity contribution >= 4 is 18.3 Å². The third kappa shape index (κ3) is 4.50. The molecule has 5 heteroatoms. The first-order valence-electron chi connectivity index (χ1n) is 8.93. The predicted octanol–water partition coefficient (Wildman–Crippen LogP) is 2.83. The predicted molar refractivity (Wildman–Crippen MR) is 100 cm³/mol. The second-order valence-electron chi connectivity index (χ2n) is 7.19. The van der Waals surface area contributed by atoms with Crippen LogP contribution in [0.1, 0.15) is 43.7 Å². The molecule has 3 atom stereocenters. The standard InChI is InChI=1S/C19H29N3O.ClH/c1-21-11-12-22(18(14-21)15-7-3-2-4-8-15)19(23)13-16-9-5-6-10-17(16)20;/h2-4,7-8,16-18H,5-6,9-14,20H2,1H3;1H. The summed E-state index contributed by atoms with van der Waals surface area (Å²) >= 11 is 0. The third-order valence-electron chi connectivity index (χ3n) is 5.49. The van der Waals surface area contributed by atoms with Crippen molar-refractivity contribution in [2.24, 2.45) is 11.7 Å². The average Bonchev–Trinajstić information content (AvgIpc) is 2.57. The molecule has 1 aliphatic carbocycles. The maximum atomic E-state index is 13.0. The molecule has 3 rings (SSSR count). The van der Waals surface area contributed by atoms with Crippen molar-refractivity contribution < 1.29 is 4.79 Å². The summed E-state index contributed by atoms with van der Waals surface area (Å²) in [5.41, 5.74) is 7.48. The monoisotopic (exact) mass is 351 g/mol. The second kappa shape index (κ2) is 8.84. The summed E-state index contributed by atoms with van der Waals surface area (Å²) in [6.07, 6.45) is 5.23. The second-order valence-corrected chi connectivity index (χ2v) is 7.19. The van der Waals surface area contributed by atoms with E-state index < -0.39 is 0 Å². The number of carbonyl (C=O) groups is 1. The summed E-state index contributed by atoms with van der Waals surface area (Å²) in [6.45, 7) is 2.68. The summed E-state index contributed by atoms with van der Waals surface area (Å²) in [5, 5.41) is 0. The molecule has 2 aliphatic rings. The Morgan fingerprint density at radius 1 is 1.17 bits per heavy atom. The van der Waals surface area contributed by atoms with Crippen LogP contribution in [0.25, 0.3) is 0 Å². The Balaban J connectivity index is 0.00000208. The van der Waals surface area contributed by atoms with Gasteiger partial charge in [-0.3, -0.25) is 4.79 Å². The highest BCUT2D eigenvalue weighted by Gasteiger charge is 2.32. The van der Waals surface area contributed by atoms with E-state index in [1.54, 1.807) is 0 Å². The van der Waals surface area contributed by atoms with Crippen molar-refractivity contribution in [2.45, 2.75) is 44.2 Å². The number of rotatable bonds is 3. The van der Waals surface area contributed by atoms with Gasteiger partial charge in [0.15, 0.2) is 0 Å². The van der Waals surface area contributed by atoms with Gasteiger partial charge >= 0.3 is 0 Å². The van der Waals surface area contributed by atoms with Crippen molar-refractivity contribution in [3.05, 3.63) is 35.9 Å². The first kappa shape index (κ1) is 19.2. The minimum absolute atomic E-state index is 0. The normalized spacial score (nSPS) is 28.2. The Morgan fingerprint density at radius 2 is 1.88 bits per heavy atom. The molecule has 0 spiro atoms. The van der Waals surface area contributed by atoms with E-state index in [0.717, 1.165) is 32.5 Å². The van der Waals surface area contributed by atoms with Crippen LogP contribution in [0.4, 0.5) is 0 Å². The molecule has 0 radical (unpaired) electrons. The molecule has 3 unspecified atom stereocenters. The number of amides is 1. The molecule has 4 nitrogen and oxygen atoms in total. The highest BCUT2D eigenvalue weighted by Crippen LogP contribution is 2.30. The van der Waals surface area contributed by atoms with Crippen LogP contribution in [0, 0.1) is 5.92 Å². The largest absolute Gasteiger partial charge is 0.333 e. The van der Waals surface area contributed by atoms with Crippen molar-refractivity contribution in [1.82, 2.24) is 9.80 Å². The number of likely N-dealkylation sites (N-methyl/N-ethyl adjacent to an activating group) is 1. The van der Waals surface area contributed by atoms with Gasteiger partial charge in [-0.1, -0.05) is 43.2 Å². The molecule has 1 heterocycles. The Morgan fingerprint density at radius 3 is 2.58 bits per heavy atom. The van der Waals surface area contributed by atoms with Crippen LogP contribution in [0.2, 0.25) is 0 Å². The molecule has 1 amide bonds. The van der Waals surface area contributed by atoms with Crippen molar-refractivity contribution in [2.75, 3.05) is 26.7 Å². The molecule has 1 aromatic rings. The first-order valence-corrected chi connectivity index (χ1v) is 8.93. The molecular formula is C19H30ClN3O. The van der Waals surface area contributed by atoms with E-state index in [4.69, 9.17) is 5.73 Å². The van der Waals surface area contributed by atoms with Crippen molar-refractivity contribution in [1.29, 1.82) is 0 Å². The van der Waals surface area contributed by atoms with Gasteiger partial charge in [0.2, 0.25) is 5.91 Å². The van der Waals surface area contributed by atoms with E-state index in [0.29, 0.717) is 12.3 Å². The van der Waals surface area contributed by atoms with Gasteiger partial charge in [0.25, 0.3) is 0 Å². The van der Waals surface area contributed by atoms with Crippen LogP contribution >= 0.6 is 12.4 Å². The van der Waals surface area contributed by atoms with Crippen LogP contribution in [-0.4, -0.2) is 48.4 Å². The Labute approximate surface area is 151 Å². The number of piperazine rings is 1. The van der Waals surface area contributed by atoms with Gasteiger partial charge in [0, 0.05) is 32.1 Å². The van der Waals surface area contributed by atoms with E-state index >= 15 is 0 Å². The molecule has 1 saturated heterocycles. The molecule has 2 N–H and O–H groups in total. The highest BCUT2D eigenvalue weighted by atomic mass is 35.5. The Bertz CT molecular complexity index is 525. The minimum Gasteiger partial charge on any atom is -0.333 e. The number of hydrogen-bond donors (Lipinski definition) is 1. The maximum absolute atomic E-state index is 13.0. The fourth-order valence-electron chi connectivity index (χ4n) is 4.01. The Kier molecular flexibility index (Phi) is 7.08. The summed E-state index contributed by atoms with van der Waals surface area (Å²) < 4.78 is 0. The molecule has 2 fully saturated rings. The van der Waals surface area contributed by atoms with Crippen LogP contribution in [0.5, 0.6) is 0 Å². The number of nitrogens with zero attached hydrogens (tertiary/aromatic N) is 2. The molecule has 1 aliphatic heterocycles. The van der Waals surface area contributed by atoms with Crippen LogP contribution in [0.15, 0.2) is 30.3 Å². The quantitative estimate of drug-likeness (QED) is 0.911. The molecular weight excluding hydrogens is 322 g/mol. The van der Waals surface area contributed by atoms with Gasteiger partial charge in [0.05, 0.1) is 6.04 Å². The first-order chi connectivity index (χ1) is 11.1. The number of carbonyl (C=O) groups excluding carboxylic acids is 1. The molecule has 1 aromatic carbocycles. The van der Waals surface area contributed by atoms with Gasteiger partial charge in [-0.15, -0.1) is 12.4 Å². The molecule has 0 aromatic heterocycles. The zero-order valence-electron chi connectivity index (χ0n) is 14.6. The fraction of sp³-hybridized carbons (Fsp3) is 0.632. The van der Waals surface area contributed by atoms with E-state index in [1.807, 2.05) is 6.07 Å². The summed E-state index contributed by atoms with van der Waals surface area (Å²) in [7, 11) is 2.13. The highest BCUT2D eigenvalue weighted by molar-refractivity contribution is 5.85. The van der Waals surface area contributed by atoms with E-state index in [2.05, 4.69) is 41.1 Å². The lowest BCUT2D eigenvalue weighted by molar-refractivity contribution is -0.137. The summed E-state index contributed by atoms with van der Waals surface area (Å²) in [6, 6.07) is 10.8. The van der Waals surface area contributed by atoms with Crippen LogP contribution in [-0.2, 0) is 4.79 Å². The average molecular weight is 352 g/mol. The van der Waals surface area contributed by atoms with E-state index in [-0.39, 0.29) is 30.4 Å². The zero-order valence-corrected chi connectivity index (χ0v) is 15.4. The van der Waals surface area contributed by atoms with Crippen molar-refractivity contribution in [3.63, 3.8) is 0 Å². The SMILES string of the molecule is CN1CCN(C(=O)CC2CCCCC2N)C(c2ccccc2)C1.Cl. The third-order valence-corrected chi connectivity index (χ3v) is 5.49. The number of benzene rings is 1. The molecule has 24 heavy (non-hydrogen) atoms. The fourth-order valence-corrected chi connectivity index (χ4v) is 4.01. The van der Waals surface area contributed by atoms with Gasteiger partial charge in [-0.05, 0) is 31.4 Å². The summed E-state index contributed by atoms with van der Waals surface area (Å²) in [5.74, 6) is 0.654. The lowest BCUT2D eigenvalue weighted by Gasteiger charge is -2.41. The smallest absolute Gasteiger partial charge is 0.223 e. The van der Waals surface area contributed by atoms with Gasteiger partial charge < -0.3 is 15.5 Å². The van der Waals surface area contributed by atoms with E-state index in [1.165, 1.54) is 18.4 Å². The van der Waals surface area contributed by atoms with Gasteiger partial charge in [-0.2, -0.15) is 0 Å². The van der Waals surface area contributed by atoms with Gasteiger partial charge in [-0.25, -0.2) is 0 Å². The number of nitrogens with two attached hydrogens (primary N) is 1. The lowest BCUT2D eigenvalue weighted by atomic mass is 9.82. The number of halogens is 1. The summed E-state index contributed by atoms with van der Waals surface area (Å²) in [4.78, 5) is 17.4. The lowest BCUT2D eigenvalue weighted by Crippen LogP contribution is -2.50. The topological polar surface area (TPSA) is 49.6 Å². The van der Waals surface area contributed by atoms with Crippen molar-refractivity contribution in [3.8, 4) is 0 Å². The minimum atomic E-state index is 0. The van der Waals surface area contributed by atoms with Crippen LogP contribution < -0.4 is 5.73 Å². The number of hydrogen-bond acceptors (Lipinski definition) is 3. The maximum Gasteiger partial charge on any atom is 0.223 e.